The molecule has 1 nitrogen and oxygen atoms in total. The zero-order valence-corrected chi connectivity index (χ0v) is 8.28. The van der Waals surface area contributed by atoms with Gasteiger partial charge in [0.25, 0.3) is 0 Å². The van der Waals surface area contributed by atoms with Crippen molar-refractivity contribution < 1.29 is 9.50 Å². The van der Waals surface area contributed by atoms with Gasteiger partial charge in [-0.2, -0.15) is 0 Å². The van der Waals surface area contributed by atoms with E-state index in [0.29, 0.717) is 11.8 Å². The fourth-order valence-corrected chi connectivity index (χ4v) is 1.84. The Morgan fingerprint density at radius 2 is 1.86 bits per heavy atom. The molecule has 1 aliphatic rings. The molecule has 2 rings (SSSR count). The quantitative estimate of drug-likeness (QED) is 0.784. The average molecular weight is 194 g/mol. The van der Waals surface area contributed by atoms with Crippen LogP contribution in [0, 0.1) is 17.7 Å². The summed E-state index contributed by atoms with van der Waals surface area (Å²) in [6, 6.07) is 6.13. The SMILES string of the molecule is CC(C1CC1)C(O)c1ccc(F)cc1. The number of hydrogen-bond donors (Lipinski definition) is 1. The Morgan fingerprint density at radius 1 is 1.29 bits per heavy atom. The van der Waals surface area contributed by atoms with E-state index < -0.39 is 6.10 Å². The van der Waals surface area contributed by atoms with Crippen molar-refractivity contribution in [3.05, 3.63) is 35.6 Å². The van der Waals surface area contributed by atoms with Crippen LogP contribution in [-0.2, 0) is 0 Å². The van der Waals surface area contributed by atoms with Gasteiger partial charge in [0, 0.05) is 0 Å². The largest absolute Gasteiger partial charge is 0.388 e. The van der Waals surface area contributed by atoms with Crippen molar-refractivity contribution in [2.75, 3.05) is 0 Å². The molecule has 1 aromatic carbocycles. The van der Waals surface area contributed by atoms with Crippen LogP contribution in [0.25, 0.3) is 0 Å². The third-order valence-corrected chi connectivity index (χ3v) is 3.08. The van der Waals surface area contributed by atoms with Crippen molar-refractivity contribution in [2.24, 2.45) is 11.8 Å². The first kappa shape index (κ1) is 9.66. The van der Waals surface area contributed by atoms with Crippen LogP contribution < -0.4 is 0 Å². The summed E-state index contributed by atoms with van der Waals surface area (Å²) < 4.78 is 12.6. The smallest absolute Gasteiger partial charge is 0.123 e. The number of halogens is 1. The van der Waals surface area contributed by atoms with Crippen LogP contribution in [0.4, 0.5) is 4.39 Å². The van der Waals surface area contributed by atoms with E-state index in [2.05, 4.69) is 6.92 Å². The first-order valence-corrected chi connectivity index (χ1v) is 5.12. The lowest BCUT2D eigenvalue weighted by Crippen LogP contribution is -2.10. The molecule has 1 fully saturated rings. The molecule has 1 aromatic rings. The van der Waals surface area contributed by atoms with E-state index >= 15 is 0 Å². The molecule has 14 heavy (non-hydrogen) atoms. The average Bonchev–Trinajstić information content (AvgIpc) is 3.00. The number of aliphatic hydroxyl groups is 1. The van der Waals surface area contributed by atoms with Crippen LogP contribution in [0.1, 0.15) is 31.4 Å². The van der Waals surface area contributed by atoms with Gasteiger partial charge in [-0.05, 0) is 42.4 Å². The lowest BCUT2D eigenvalue weighted by Gasteiger charge is -2.18. The maximum absolute atomic E-state index is 12.6. The topological polar surface area (TPSA) is 20.2 Å². The number of benzene rings is 1. The van der Waals surface area contributed by atoms with Crippen molar-refractivity contribution in [3.63, 3.8) is 0 Å². The van der Waals surface area contributed by atoms with Crippen molar-refractivity contribution >= 4 is 0 Å². The van der Waals surface area contributed by atoms with Gasteiger partial charge in [0.2, 0.25) is 0 Å². The van der Waals surface area contributed by atoms with Crippen molar-refractivity contribution in [1.29, 1.82) is 0 Å². The Hall–Kier alpha value is -0.890. The van der Waals surface area contributed by atoms with Gasteiger partial charge in [0.05, 0.1) is 6.10 Å². The lowest BCUT2D eigenvalue weighted by atomic mass is 9.93. The summed E-state index contributed by atoms with van der Waals surface area (Å²) >= 11 is 0. The normalized spacial score (nSPS) is 20.5. The molecule has 2 unspecified atom stereocenters. The van der Waals surface area contributed by atoms with E-state index in [1.165, 1.54) is 25.0 Å². The minimum atomic E-state index is -0.442. The standard InChI is InChI=1S/C12H15FO/c1-8(9-2-3-9)12(14)10-4-6-11(13)7-5-10/h4-9,12,14H,2-3H2,1H3. The van der Waals surface area contributed by atoms with Crippen LogP contribution >= 0.6 is 0 Å². The molecule has 1 N–H and O–H groups in total. The molecule has 1 aliphatic carbocycles. The first-order valence-electron chi connectivity index (χ1n) is 5.12. The third kappa shape index (κ3) is 1.95. The summed E-state index contributed by atoms with van der Waals surface area (Å²) in [6.45, 7) is 2.06. The van der Waals surface area contributed by atoms with Gasteiger partial charge < -0.3 is 5.11 Å². The summed E-state index contributed by atoms with van der Waals surface area (Å²) in [5, 5.41) is 9.97. The Labute approximate surface area is 83.6 Å². The van der Waals surface area contributed by atoms with Gasteiger partial charge in [-0.15, -0.1) is 0 Å². The minimum absolute atomic E-state index is 0.250. The van der Waals surface area contributed by atoms with E-state index in [9.17, 15) is 9.50 Å². The van der Waals surface area contributed by atoms with Crippen LogP contribution in [0.2, 0.25) is 0 Å². The lowest BCUT2D eigenvalue weighted by molar-refractivity contribution is 0.106. The maximum atomic E-state index is 12.6. The van der Waals surface area contributed by atoms with Gasteiger partial charge in [0.1, 0.15) is 5.82 Å². The second-order valence-corrected chi connectivity index (χ2v) is 4.19. The predicted octanol–water partition coefficient (Wildman–Crippen LogP) is 2.91. The molecule has 76 valence electrons. The molecule has 1 saturated carbocycles. The second kappa shape index (κ2) is 3.70. The molecule has 2 atom stereocenters. The minimum Gasteiger partial charge on any atom is -0.388 e. The van der Waals surface area contributed by atoms with Crippen LogP contribution in [0.5, 0.6) is 0 Å². The zero-order chi connectivity index (χ0) is 10.1. The number of rotatable bonds is 3. The molecular formula is C12H15FO. The fraction of sp³-hybridized carbons (Fsp3) is 0.500. The molecule has 2 heteroatoms. The Kier molecular flexibility index (Phi) is 2.55. The van der Waals surface area contributed by atoms with E-state index in [1.807, 2.05) is 0 Å². The first-order chi connectivity index (χ1) is 6.68. The summed E-state index contributed by atoms with van der Waals surface area (Å²) in [7, 11) is 0. The molecule has 0 amide bonds. The van der Waals surface area contributed by atoms with Crippen LogP contribution in [0.15, 0.2) is 24.3 Å². The fourth-order valence-electron chi connectivity index (χ4n) is 1.84. The number of hydrogen-bond acceptors (Lipinski definition) is 1. The summed E-state index contributed by atoms with van der Waals surface area (Å²) in [5.41, 5.74) is 0.825. The van der Waals surface area contributed by atoms with E-state index in [-0.39, 0.29) is 5.82 Å². The van der Waals surface area contributed by atoms with Crippen LogP contribution in [0.3, 0.4) is 0 Å². The molecular weight excluding hydrogens is 179 g/mol. The molecule has 0 saturated heterocycles. The van der Waals surface area contributed by atoms with Crippen molar-refractivity contribution in [2.45, 2.75) is 25.9 Å². The number of aliphatic hydroxyl groups excluding tert-OH is 1. The van der Waals surface area contributed by atoms with Gasteiger partial charge in [-0.1, -0.05) is 19.1 Å². The summed E-state index contributed by atoms with van der Waals surface area (Å²) in [4.78, 5) is 0. The monoisotopic (exact) mass is 194 g/mol. The Morgan fingerprint density at radius 3 is 2.36 bits per heavy atom. The third-order valence-electron chi connectivity index (χ3n) is 3.08. The molecule has 0 heterocycles. The molecule has 0 aromatic heterocycles. The van der Waals surface area contributed by atoms with Gasteiger partial charge in [-0.25, -0.2) is 4.39 Å². The van der Waals surface area contributed by atoms with Gasteiger partial charge in [-0.3, -0.25) is 0 Å². The molecule has 0 spiro atoms. The molecule has 0 aliphatic heterocycles. The zero-order valence-electron chi connectivity index (χ0n) is 8.28. The Balaban J connectivity index is 2.09. The maximum Gasteiger partial charge on any atom is 0.123 e. The van der Waals surface area contributed by atoms with Crippen LogP contribution in [-0.4, -0.2) is 5.11 Å². The highest BCUT2D eigenvalue weighted by Gasteiger charge is 2.32. The highest BCUT2D eigenvalue weighted by atomic mass is 19.1. The van der Waals surface area contributed by atoms with E-state index in [0.717, 1.165) is 5.56 Å². The molecule has 0 bridgehead atoms. The van der Waals surface area contributed by atoms with Gasteiger partial charge >= 0.3 is 0 Å². The van der Waals surface area contributed by atoms with E-state index in [1.54, 1.807) is 12.1 Å². The second-order valence-electron chi connectivity index (χ2n) is 4.19. The van der Waals surface area contributed by atoms with E-state index in [4.69, 9.17) is 0 Å². The molecule has 0 radical (unpaired) electrons. The highest BCUT2D eigenvalue weighted by molar-refractivity contribution is 5.19. The Bertz CT molecular complexity index is 303. The van der Waals surface area contributed by atoms with Crippen molar-refractivity contribution in [3.8, 4) is 0 Å². The predicted molar refractivity (Wildman–Crippen MR) is 53.2 cm³/mol. The highest BCUT2D eigenvalue weighted by Crippen LogP contribution is 2.42. The summed E-state index contributed by atoms with van der Waals surface area (Å²) in [5.74, 6) is 0.704. The summed E-state index contributed by atoms with van der Waals surface area (Å²) in [6.07, 6.45) is 2.00. The van der Waals surface area contributed by atoms with Crippen molar-refractivity contribution in [1.82, 2.24) is 0 Å². The van der Waals surface area contributed by atoms with Gasteiger partial charge in [0.15, 0.2) is 0 Å².